The fourth-order valence-corrected chi connectivity index (χ4v) is 2.26. The SMILES string of the molecule is Nc1c(C(=O)NCC(F)(F)F)sc2nnccc12. The first-order valence-corrected chi connectivity index (χ1v) is 5.55. The number of rotatable bonds is 2. The van der Waals surface area contributed by atoms with Gasteiger partial charge in [-0.15, -0.1) is 16.4 Å². The molecular formula is C9H7F3N4OS. The molecule has 0 saturated carbocycles. The Morgan fingerprint density at radius 1 is 1.50 bits per heavy atom. The molecule has 3 N–H and O–H groups in total. The molecule has 18 heavy (non-hydrogen) atoms. The number of aromatic nitrogens is 2. The number of carbonyl (C=O) groups excluding carboxylic acids is 1. The Hall–Kier alpha value is -1.90. The van der Waals surface area contributed by atoms with Gasteiger partial charge in [0.2, 0.25) is 0 Å². The summed E-state index contributed by atoms with van der Waals surface area (Å²) in [7, 11) is 0. The van der Waals surface area contributed by atoms with Crippen LogP contribution in [0.4, 0.5) is 18.9 Å². The zero-order valence-electron chi connectivity index (χ0n) is 8.78. The highest BCUT2D eigenvalue weighted by atomic mass is 32.1. The van der Waals surface area contributed by atoms with Crippen molar-refractivity contribution in [1.82, 2.24) is 15.5 Å². The van der Waals surface area contributed by atoms with Gasteiger partial charge >= 0.3 is 6.18 Å². The summed E-state index contributed by atoms with van der Waals surface area (Å²) in [5.74, 6) is -0.868. The number of nitrogens with one attached hydrogen (secondary N) is 1. The highest BCUT2D eigenvalue weighted by Gasteiger charge is 2.29. The number of hydrogen-bond donors (Lipinski definition) is 2. The van der Waals surface area contributed by atoms with Gasteiger partial charge in [0, 0.05) is 5.39 Å². The minimum atomic E-state index is -4.46. The van der Waals surface area contributed by atoms with Gasteiger partial charge in [0.05, 0.1) is 11.9 Å². The second-order valence-corrected chi connectivity index (χ2v) is 4.39. The Balaban J connectivity index is 2.26. The lowest BCUT2D eigenvalue weighted by molar-refractivity contribution is -0.123. The zero-order chi connectivity index (χ0) is 13.3. The van der Waals surface area contributed by atoms with Crippen molar-refractivity contribution < 1.29 is 18.0 Å². The van der Waals surface area contributed by atoms with Gasteiger partial charge in [-0.25, -0.2) is 0 Å². The first-order chi connectivity index (χ1) is 8.38. The van der Waals surface area contributed by atoms with Gasteiger partial charge in [0.1, 0.15) is 16.3 Å². The van der Waals surface area contributed by atoms with Gasteiger partial charge in [-0.3, -0.25) is 4.79 Å². The highest BCUT2D eigenvalue weighted by molar-refractivity contribution is 7.21. The van der Waals surface area contributed by atoms with Crippen LogP contribution in [0, 0.1) is 0 Å². The second-order valence-electron chi connectivity index (χ2n) is 3.39. The Morgan fingerprint density at radius 3 is 2.83 bits per heavy atom. The molecule has 0 aliphatic carbocycles. The summed E-state index contributed by atoms with van der Waals surface area (Å²) in [6, 6.07) is 1.55. The number of nitrogens with zero attached hydrogens (tertiary/aromatic N) is 2. The average molecular weight is 276 g/mol. The monoisotopic (exact) mass is 276 g/mol. The first kappa shape index (κ1) is 12.6. The fourth-order valence-electron chi connectivity index (χ4n) is 1.30. The molecule has 0 aliphatic rings. The molecule has 2 rings (SSSR count). The van der Waals surface area contributed by atoms with Gasteiger partial charge in [0.15, 0.2) is 0 Å². The van der Waals surface area contributed by atoms with Crippen molar-refractivity contribution in [3.05, 3.63) is 17.1 Å². The lowest BCUT2D eigenvalue weighted by Gasteiger charge is -2.07. The Kier molecular flexibility index (Phi) is 3.07. The van der Waals surface area contributed by atoms with Crippen molar-refractivity contribution in [2.24, 2.45) is 0 Å². The van der Waals surface area contributed by atoms with Crippen LogP contribution in [-0.2, 0) is 0 Å². The van der Waals surface area contributed by atoms with E-state index < -0.39 is 18.6 Å². The molecule has 0 aromatic carbocycles. The van der Waals surface area contributed by atoms with Crippen molar-refractivity contribution in [2.45, 2.75) is 6.18 Å². The molecule has 96 valence electrons. The number of fused-ring (bicyclic) bond motifs is 1. The largest absolute Gasteiger partial charge is 0.405 e. The van der Waals surface area contributed by atoms with Crippen LogP contribution in [-0.4, -0.2) is 28.8 Å². The van der Waals surface area contributed by atoms with Gasteiger partial charge in [0.25, 0.3) is 5.91 Å². The minimum Gasteiger partial charge on any atom is -0.397 e. The molecule has 0 aliphatic heterocycles. The number of hydrogen-bond acceptors (Lipinski definition) is 5. The third-order valence-corrected chi connectivity index (χ3v) is 3.18. The third kappa shape index (κ3) is 2.50. The van der Waals surface area contributed by atoms with Crippen LogP contribution in [0.3, 0.4) is 0 Å². The standard InChI is InChI=1S/C9H7F3N4OS/c10-9(11,12)3-14-7(17)6-5(13)4-1-2-15-16-8(4)18-6/h1-2H,3,13H2,(H,14,17). The first-order valence-electron chi connectivity index (χ1n) is 4.73. The number of carbonyl (C=O) groups is 1. The van der Waals surface area contributed by atoms with E-state index in [9.17, 15) is 18.0 Å². The van der Waals surface area contributed by atoms with Crippen LogP contribution in [0.2, 0.25) is 0 Å². The Morgan fingerprint density at radius 2 is 2.22 bits per heavy atom. The minimum absolute atomic E-state index is 0.00903. The van der Waals surface area contributed by atoms with E-state index in [1.54, 1.807) is 11.4 Å². The number of thiophene rings is 1. The quantitative estimate of drug-likeness (QED) is 0.872. The maximum Gasteiger partial charge on any atom is 0.405 e. The molecule has 2 aromatic rings. The van der Waals surface area contributed by atoms with Gasteiger partial charge in [-0.1, -0.05) is 0 Å². The van der Waals surface area contributed by atoms with Crippen LogP contribution in [0.25, 0.3) is 10.2 Å². The van der Waals surface area contributed by atoms with E-state index in [1.807, 2.05) is 0 Å². The molecule has 0 radical (unpaired) electrons. The van der Waals surface area contributed by atoms with Crippen LogP contribution in [0.15, 0.2) is 12.3 Å². The molecule has 0 fully saturated rings. The number of alkyl halides is 3. The maximum atomic E-state index is 12.0. The molecule has 2 heterocycles. The number of anilines is 1. The van der Waals surface area contributed by atoms with Crippen molar-refractivity contribution in [3.63, 3.8) is 0 Å². The molecule has 0 bridgehead atoms. The summed E-state index contributed by atoms with van der Waals surface area (Å²) in [6.07, 6.45) is -3.07. The fraction of sp³-hybridized carbons (Fsp3) is 0.222. The summed E-state index contributed by atoms with van der Waals surface area (Å²) in [5, 5.41) is 9.61. The lowest BCUT2D eigenvalue weighted by atomic mass is 10.3. The summed E-state index contributed by atoms with van der Waals surface area (Å²) in [6.45, 7) is -1.40. The molecular weight excluding hydrogens is 269 g/mol. The molecule has 2 aromatic heterocycles. The smallest absolute Gasteiger partial charge is 0.397 e. The molecule has 0 saturated heterocycles. The number of halogens is 3. The van der Waals surface area contributed by atoms with E-state index in [2.05, 4.69) is 10.2 Å². The van der Waals surface area contributed by atoms with Crippen molar-refractivity contribution >= 4 is 33.1 Å². The summed E-state index contributed by atoms with van der Waals surface area (Å²) < 4.78 is 35.9. The summed E-state index contributed by atoms with van der Waals surface area (Å²) >= 11 is 0.905. The predicted octanol–water partition coefficient (Wildman–Crippen LogP) is 1.57. The van der Waals surface area contributed by atoms with Crippen LogP contribution in [0.5, 0.6) is 0 Å². The van der Waals surface area contributed by atoms with E-state index in [0.29, 0.717) is 10.2 Å². The molecule has 0 spiro atoms. The van der Waals surface area contributed by atoms with Crippen LogP contribution < -0.4 is 11.1 Å². The summed E-state index contributed by atoms with van der Waals surface area (Å²) in [5.41, 5.74) is 5.80. The summed E-state index contributed by atoms with van der Waals surface area (Å²) in [4.78, 5) is 12.0. The zero-order valence-corrected chi connectivity index (χ0v) is 9.60. The average Bonchev–Trinajstić information content (AvgIpc) is 2.64. The number of amides is 1. The molecule has 0 atom stereocenters. The number of nitrogens with two attached hydrogens (primary N) is 1. The van der Waals surface area contributed by atoms with Crippen molar-refractivity contribution in [1.29, 1.82) is 0 Å². The van der Waals surface area contributed by atoms with E-state index >= 15 is 0 Å². The van der Waals surface area contributed by atoms with E-state index in [4.69, 9.17) is 5.73 Å². The van der Waals surface area contributed by atoms with Crippen LogP contribution in [0.1, 0.15) is 9.67 Å². The topological polar surface area (TPSA) is 80.9 Å². The molecule has 0 unspecified atom stereocenters. The lowest BCUT2D eigenvalue weighted by Crippen LogP contribution is -2.33. The van der Waals surface area contributed by atoms with Crippen molar-refractivity contribution in [2.75, 3.05) is 12.3 Å². The molecule has 5 nitrogen and oxygen atoms in total. The molecule has 1 amide bonds. The normalized spacial score (nSPS) is 11.7. The van der Waals surface area contributed by atoms with E-state index in [0.717, 1.165) is 11.3 Å². The van der Waals surface area contributed by atoms with E-state index in [1.165, 1.54) is 6.20 Å². The van der Waals surface area contributed by atoms with Gasteiger partial charge in [-0.05, 0) is 6.07 Å². The van der Waals surface area contributed by atoms with Crippen molar-refractivity contribution in [3.8, 4) is 0 Å². The van der Waals surface area contributed by atoms with Gasteiger partial charge in [-0.2, -0.15) is 18.3 Å². The van der Waals surface area contributed by atoms with Crippen LogP contribution >= 0.6 is 11.3 Å². The highest BCUT2D eigenvalue weighted by Crippen LogP contribution is 2.31. The predicted molar refractivity (Wildman–Crippen MR) is 60.2 cm³/mol. The second kappa shape index (κ2) is 4.41. The van der Waals surface area contributed by atoms with E-state index in [-0.39, 0.29) is 10.6 Å². The van der Waals surface area contributed by atoms with Gasteiger partial charge < -0.3 is 11.1 Å². The maximum absolute atomic E-state index is 12.0. The third-order valence-electron chi connectivity index (χ3n) is 2.08. The Labute approximate surface area is 103 Å². The Bertz CT molecular complexity index is 595. The molecule has 9 heteroatoms. The number of nitrogen functional groups attached to an aromatic ring is 1.